The highest BCUT2D eigenvalue weighted by Gasteiger charge is 2.14. The number of nitrogens with zero attached hydrogens (tertiary/aromatic N) is 4. The number of ether oxygens (including phenoxy) is 1. The van der Waals surface area contributed by atoms with Crippen LogP contribution in [0.2, 0.25) is 5.02 Å². The van der Waals surface area contributed by atoms with Crippen molar-refractivity contribution in [3.05, 3.63) is 105 Å². The highest BCUT2D eigenvalue weighted by Crippen LogP contribution is 2.16. The zero-order valence-corrected chi connectivity index (χ0v) is 20.7. The zero-order chi connectivity index (χ0) is 27.1. The molecule has 2 aromatic carbocycles. The van der Waals surface area contributed by atoms with E-state index in [1.54, 1.807) is 61.5 Å². The van der Waals surface area contributed by atoms with Gasteiger partial charge in [0.1, 0.15) is 23.9 Å². The van der Waals surface area contributed by atoms with Crippen LogP contribution in [0.4, 0.5) is 11.4 Å². The Hall–Kier alpha value is -4.97. The largest absolute Gasteiger partial charge is 0.484 e. The number of hydrogen-bond donors (Lipinski definition) is 2. The van der Waals surface area contributed by atoms with Crippen LogP contribution < -0.4 is 15.5 Å². The van der Waals surface area contributed by atoms with E-state index in [0.29, 0.717) is 33.5 Å². The van der Waals surface area contributed by atoms with Crippen molar-refractivity contribution in [3.8, 4) is 5.75 Å². The number of halogens is 1. The Morgan fingerprint density at radius 1 is 1.18 bits per heavy atom. The topological polar surface area (TPSA) is 154 Å². The Morgan fingerprint density at radius 3 is 2.71 bits per heavy atom. The lowest BCUT2D eigenvalue weighted by atomic mass is 10.1. The summed E-state index contributed by atoms with van der Waals surface area (Å²) in [4.78, 5) is 34.9. The monoisotopic (exact) mass is 536 g/mol. The number of nitrogens with one attached hydrogen (secondary N) is 2. The second-order valence-corrected chi connectivity index (χ2v) is 8.37. The van der Waals surface area contributed by atoms with Crippen molar-refractivity contribution < 1.29 is 23.7 Å². The van der Waals surface area contributed by atoms with Crippen molar-refractivity contribution in [1.29, 1.82) is 0 Å². The number of carbonyl (C=O) groups is 2. The van der Waals surface area contributed by atoms with Gasteiger partial charge in [0, 0.05) is 10.7 Å². The smallest absolute Gasteiger partial charge is 0.307 e. The number of rotatable bonds is 10. The minimum absolute atomic E-state index is 0.0138. The molecule has 0 fully saturated rings. The highest BCUT2D eigenvalue weighted by atomic mass is 35.5. The summed E-state index contributed by atoms with van der Waals surface area (Å²) in [5.41, 5.74) is 3.97. The maximum Gasteiger partial charge on any atom is 0.307 e. The fourth-order valence-electron chi connectivity index (χ4n) is 3.23. The molecule has 0 aliphatic heterocycles. The molecular formula is C25H21ClN6O6. The third kappa shape index (κ3) is 7.04. The number of anilines is 1. The van der Waals surface area contributed by atoms with Gasteiger partial charge in [0.05, 0.1) is 17.2 Å². The molecule has 0 aliphatic rings. The van der Waals surface area contributed by atoms with Crippen LogP contribution >= 0.6 is 11.6 Å². The Morgan fingerprint density at radius 2 is 1.97 bits per heavy atom. The standard InChI is InChI=1S/C25H21ClN6O6/c1-16(17-3-2-4-19(11-17)28-24(33)15-37-21-7-5-18(26)6-8-21)29-30-25(34)23-10-9-22(38-23)14-31-13-20(12-27-31)32(35)36/h2-13H,14-15H2,1H3,(H,28,33)(H,30,34). The zero-order valence-electron chi connectivity index (χ0n) is 20.0. The second-order valence-electron chi connectivity index (χ2n) is 7.93. The van der Waals surface area contributed by atoms with Crippen molar-refractivity contribution in [3.63, 3.8) is 0 Å². The Labute approximate surface area is 221 Å². The van der Waals surface area contributed by atoms with Gasteiger partial charge in [0.25, 0.3) is 5.91 Å². The van der Waals surface area contributed by atoms with E-state index < -0.39 is 10.8 Å². The minimum atomic E-state index is -0.578. The molecular weight excluding hydrogens is 516 g/mol. The first kappa shape index (κ1) is 26.1. The van der Waals surface area contributed by atoms with E-state index in [-0.39, 0.29) is 30.5 Å². The van der Waals surface area contributed by atoms with Gasteiger partial charge in [-0.3, -0.25) is 24.4 Å². The van der Waals surface area contributed by atoms with Gasteiger partial charge in [0.15, 0.2) is 12.4 Å². The molecule has 2 N–H and O–H groups in total. The van der Waals surface area contributed by atoms with E-state index in [0.717, 1.165) is 6.20 Å². The van der Waals surface area contributed by atoms with Crippen LogP contribution in [-0.4, -0.2) is 38.8 Å². The molecule has 38 heavy (non-hydrogen) atoms. The van der Waals surface area contributed by atoms with Gasteiger partial charge < -0.3 is 14.5 Å². The van der Waals surface area contributed by atoms with Crippen LogP contribution in [0.5, 0.6) is 5.75 Å². The molecule has 194 valence electrons. The second kappa shape index (κ2) is 11.8. The van der Waals surface area contributed by atoms with Crippen LogP contribution in [0.3, 0.4) is 0 Å². The number of aromatic nitrogens is 2. The lowest BCUT2D eigenvalue weighted by molar-refractivity contribution is -0.385. The average Bonchev–Trinajstić information content (AvgIpc) is 3.57. The summed E-state index contributed by atoms with van der Waals surface area (Å²) < 4.78 is 12.3. The number of nitro groups is 1. The molecule has 0 saturated carbocycles. The molecule has 0 atom stereocenters. The average molecular weight is 537 g/mol. The maximum atomic E-state index is 12.5. The third-order valence-corrected chi connectivity index (χ3v) is 5.36. The highest BCUT2D eigenvalue weighted by molar-refractivity contribution is 6.30. The van der Waals surface area contributed by atoms with Crippen LogP contribution in [0.15, 0.2) is 82.6 Å². The predicted octanol–water partition coefficient (Wildman–Crippen LogP) is 4.26. The molecule has 0 bridgehead atoms. The summed E-state index contributed by atoms with van der Waals surface area (Å²) in [6.07, 6.45) is 2.39. The molecule has 0 saturated heterocycles. The van der Waals surface area contributed by atoms with E-state index in [4.69, 9.17) is 20.8 Å². The molecule has 0 aliphatic carbocycles. The fraction of sp³-hybridized carbons (Fsp3) is 0.120. The Balaban J connectivity index is 1.31. The number of hydrogen-bond acceptors (Lipinski definition) is 8. The van der Waals surface area contributed by atoms with E-state index in [9.17, 15) is 19.7 Å². The van der Waals surface area contributed by atoms with E-state index >= 15 is 0 Å². The molecule has 0 spiro atoms. The van der Waals surface area contributed by atoms with Crippen molar-refractivity contribution >= 4 is 40.5 Å². The summed E-state index contributed by atoms with van der Waals surface area (Å²) >= 11 is 5.84. The fourth-order valence-corrected chi connectivity index (χ4v) is 3.36. The molecule has 4 rings (SSSR count). The van der Waals surface area contributed by atoms with Crippen LogP contribution in [0.1, 0.15) is 28.8 Å². The molecule has 2 heterocycles. The van der Waals surface area contributed by atoms with Crippen molar-refractivity contribution in [1.82, 2.24) is 15.2 Å². The van der Waals surface area contributed by atoms with E-state index in [2.05, 4.69) is 20.9 Å². The van der Waals surface area contributed by atoms with Gasteiger partial charge in [-0.1, -0.05) is 23.7 Å². The van der Waals surface area contributed by atoms with Crippen molar-refractivity contribution in [2.45, 2.75) is 13.5 Å². The minimum Gasteiger partial charge on any atom is -0.484 e. The Kier molecular flexibility index (Phi) is 8.14. The summed E-state index contributed by atoms with van der Waals surface area (Å²) in [6.45, 7) is 1.63. The van der Waals surface area contributed by atoms with Crippen LogP contribution in [0.25, 0.3) is 0 Å². The van der Waals surface area contributed by atoms with Crippen molar-refractivity contribution in [2.24, 2.45) is 5.10 Å². The first-order valence-corrected chi connectivity index (χ1v) is 11.5. The van der Waals surface area contributed by atoms with Gasteiger partial charge >= 0.3 is 11.6 Å². The summed E-state index contributed by atoms with van der Waals surface area (Å²) in [5, 5.41) is 22.1. The van der Waals surface area contributed by atoms with E-state index in [1.807, 2.05) is 0 Å². The molecule has 4 aromatic rings. The molecule has 13 heteroatoms. The number of benzene rings is 2. The normalized spacial score (nSPS) is 11.2. The predicted molar refractivity (Wildman–Crippen MR) is 138 cm³/mol. The van der Waals surface area contributed by atoms with Gasteiger partial charge in [-0.05, 0) is 61.0 Å². The van der Waals surface area contributed by atoms with Gasteiger partial charge in [-0.2, -0.15) is 10.2 Å². The quantitative estimate of drug-likeness (QED) is 0.174. The van der Waals surface area contributed by atoms with Crippen molar-refractivity contribution in [2.75, 3.05) is 11.9 Å². The van der Waals surface area contributed by atoms with E-state index in [1.165, 1.54) is 16.9 Å². The molecule has 12 nitrogen and oxygen atoms in total. The third-order valence-electron chi connectivity index (χ3n) is 5.11. The first-order valence-electron chi connectivity index (χ1n) is 11.2. The molecule has 0 radical (unpaired) electrons. The summed E-state index contributed by atoms with van der Waals surface area (Å²) in [5.74, 6) is -0.00696. The summed E-state index contributed by atoms with van der Waals surface area (Å²) in [6, 6.07) is 16.7. The van der Waals surface area contributed by atoms with Gasteiger partial charge in [-0.15, -0.1) is 0 Å². The van der Waals surface area contributed by atoms with Crippen LogP contribution in [0, 0.1) is 10.1 Å². The Bertz CT molecular complexity index is 1490. The van der Waals surface area contributed by atoms with Gasteiger partial charge in [0.2, 0.25) is 0 Å². The SMILES string of the molecule is CC(=NNC(=O)c1ccc(Cn2cc([N+](=O)[O-])cn2)o1)c1cccc(NC(=O)COc2ccc(Cl)cc2)c1. The molecule has 0 unspecified atom stereocenters. The number of amides is 2. The van der Waals surface area contributed by atoms with Gasteiger partial charge in [-0.25, -0.2) is 5.43 Å². The summed E-state index contributed by atoms with van der Waals surface area (Å²) in [7, 11) is 0. The molecule has 2 aromatic heterocycles. The number of furan rings is 1. The number of hydrazone groups is 1. The lowest BCUT2D eigenvalue weighted by Crippen LogP contribution is -2.20. The van der Waals surface area contributed by atoms with Crippen LogP contribution in [-0.2, 0) is 11.3 Å². The first-order chi connectivity index (χ1) is 18.3. The lowest BCUT2D eigenvalue weighted by Gasteiger charge is -2.09. The maximum absolute atomic E-state index is 12.5. The molecule has 2 amide bonds. The number of carbonyl (C=O) groups excluding carboxylic acids is 2.